The highest BCUT2D eigenvalue weighted by Gasteiger charge is 2.08. The third kappa shape index (κ3) is 4.96. The second kappa shape index (κ2) is 8.49. The second-order valence-electron chi connectivity index (χ2n) is 5.37. The van der Waals surface area contributed by atoms with Crippen molar-refractivity contribution in [1.29, 1.82) is 5.26 Å². The largest absolute Gasteiger partial charge is 0.375 e. The van der Waals surface area contributed by atoms with Crippen molar-refractivity contribution in [2.24, 2.45) is 0 Å². The van der Waals surface area contributed by atoms with Crippen LogP contribution < -0.4 is 10.6 Å². The van der Waals surface area contributed by atoms with Gasteiger partial charge >= 0.3 is 0 Å². The van der Waals surface area contributed by atoms with Gasteiger partial charge in [0.15, 0.2) is 5.78 Å². The van der Waals surface area contributed by atoms with E-state index < -0.39 is 0 Å². The molecule has 0 saturated carbocycles. The summed E-state index contributed by atoms with van der Waals surface area (Å²) >= 11 is 0. The Morgan fingerprint density at radius 2 is 1.88 bits per heavy atom. The van der Waals surface area contributed by atoms with Crippen molar-refractivity contribution in [2.75, 3.05) is 18.4 Å². The Labute approximate surface area is 141 Å². The summed E-state index contributed by atoms with van der Waals surface area (Å²) in [7, 11) is 0. The van der Waals surface area contributed by atoms with E-state index in [2.05, 4.69) is 10.6 Å². The highest BCUT2D eigenvalue weighted by atomic mass is 16.2. The predicted octanol–water partition coefficient (Wildman–Crippen LogP) is 2.53. The molecule has 0 aliphatic heterocycles. The van der Waals surface area contributed by atoms with Crippen molar-refractivity contribution in [3.63, 3.8) is 0 Å². The number of hydrogen-bond donors (Lipinski definition) is 2. The molecule has 24 heavy (non-hydrogen) atoms. The average Bonchev–Trinajstić information content (AvgIpc) is 2.60. The summed E-state index contributed by atoms with van der Waals surface area (Å²) in [4.78, 5) is 23.3. The Morgan fingerprint density at radius 1 is 1.12 bits per heavy atom. The number of amides is 1. The monoisotopic (exact) mass is 321 g/mol. The average molecular weight is 321 g/mol. The van der Waals surface area contributed by atoms with Crippen molar-refractivity contribution in [2.45, 2.75) is 13.3 Å². The van der Waals surface area contributed by atoms with Gasteiger partial charge in [0.25, 0.3) is 0 Å². The summed E-state index contributed by atoms with van der Waals surface area (Å²) in [5.41, 5.74) is 2.55. The van der Waals surface area contributed by atoms with E-state index in [1.807, 2.05) is 36.4 Å². The van der Waals surface area contributed by atoms with Gasteiger partial charge in [-0.05, 0) is 37.1 Å². The molecule has 5 nitrogen and oxygen atoms in total. The topological polar surface area (TPSA) is 82.0 Å². The zero-order chi connectivity index (χ0) is 17.4. The number of carbonyl (C=O) groups excluding carboxylic acids is 2. The van der Waals surface area contributed by atoms with Crippen molar-refractivity contribution >= 4 is 17.4 Å². The number of benzene rings is 2. The van der Waals surface area contributed by atoms with Crippen LogP contribution in [0.25, 0.3) is 0 Å². The molecule has 0 aliphatic rings. The maximum Gasteiger partial charge on any atom is 0.239 e. The molecule has 2 rings (SSSR count). The number of hydrogen-bond acceptors (Lipinski definition) is 4. The standard InChI is InChI=1S/C19H19N3O2/c1-14(23)16-7-8-17(12-20)18(11-16)22-13-19(24)21-10-9-15-5-3-2-4-6-15/h2-8,11,22H,9-10,13H2,1H3,(H,21,24). The molecule has 0 spiro atoms. The third-order valence-electron chi connectivity index (χ3n) is 3.56. The first-order valence-corrected chi connectivity index (χ1v) is 7.69. The van der Waals surface area contributed by atoms with E-state index in [4.69, 9.17) is 5.26 Å². The molecule has 0 bridgehead atoms. The highest BCUT2D eigenvalue weighted by Crippen LogP contribution is 2.17. The van der Waals surface area contributed by atoms with Crippen LogP contribution in [0.15, 0.2) is 48.5 Å². The summed E-state index contributed by atoms with van der Waals surface area (Å²) in [5.74, 6) is -0.252. The molecule has 1 amide bonds. The van der Waals surface area contributed by atoms with Crippen LogP contribution in [0.4, 0.5) is 5.69 Å². The van der Waals surface area contributed by atoms with E-state index in [0.717, 1.165) is 12.0 Å². The molecule has 2 N–H and O–H groups in total. The molecule has 0 saturated heterocycles. The van der Waals surface area contributed by atoms with Gasteiger partial charge in [-0.3, -0.25) is 9.59 Å². The Bertz CT molecular complexity index is 764. The molecule has 0 fully saturated rings. The maximum absolute atomic E-state index is 11.9. The van der Waals surface area contributed by atoms with Gasteiger partial charge in [-0.25, -0.2) is 0 Å². The zero-order valence-corrected chi connectivity index (χ0v) is 13.5. The normalized spacial score (nSPS) is 9.83. The van der Waals surface area contributed by atoms with E-state index in [1.54, 1.807) is 18.2 Å². The second-order valence-corrected chi connectivity index (χ2v) is 5.37. The first kappa shape index (κ1) is 17.2. The fraction of sp³-hybridized carbons (Fsp3) is 0.211. The van der Waals surface area contributed by atoms with E-state index in [9.17, 15) is 9.59 Å². The minimum Gasteiger partial charge on any atom is -0.375 e. The van der Waals surface area contributed by atoms with Crippen molar-refractivity contribution < 1.29 is 9.59 Å². The minimum atomic E-state index is -0.164. The quantitative estimate of drug-likeness (QED) is 0.768. The van der Waals surface area contributed by atoms with Crippen LogP contribution in [-0.4, -0.2) is 24.8 Å². The lowest BCUT2D eigenvalue weighted by Crippen LogP contribution is -2.31. The molecule has 0 aromatic heterocycles. The zero-order valence-electron chi connectivity index (χ0n) is 13.5. The van der Waals surface area contributed by atoms with Crippen LogP contribution in [0, 0.1) is 11.3 Å². The van der Waals surface area contributed by atoms with Gasteiger partial charge in [0.2, 0.25) is 5.91 Å². The smallest absolute Gasteiger partial charge is 0.239 e. The van der Waals surface area contributed by atoms with E-state index in [0.29, 0.717) is 23.4 Å². The lowest BCUT2D eigenvalue weighted by molar-refractivity contribution is -0.119. The Hall–Kier alpha value is -3.13. The molecule has 0 radical (unpaired) electrons. The Balaban J connectivity index is 1.86. The molecule has 2 aromatic rings. The molecule has 0 unspecified atom stereocenters. The number of nitrogens with zero attached hydrogens (tertiary/aromatic N) is 1. The van der Waals surface area contributed by atoms with Gasteiger partial charge in [-0.2, -0.15) is 5.26 Å². The number of carbonyl (C=O) groups is 2. The summed E-state index contributed by atoms with van der Waals surface area (Å²) in [6, 6.07) is 16.7. The SMILES string of the molecule is CC(=O)c1ccc(C#N)c(NCC(=O)NCCc2ccccc2)c1. The third-order valence-corrected chi connectivity index (χ3v) is 3.56. The molecule has 5 heteroatoms. The van der Waals surface area contributed by atoms with E-state index >= 15 is 0 Å². The van der Waals surface area contributed by atoms with Crippen molar-refractivity contribution in [1.82, 2.24) is 5.32 Å². The molecular weight excluding hydrogens is 302 g/mol. The van der Waals surface area contributed by atoms with Gasteiger partial charge in [0.1, 0.15) is 6.07 Å². The number of Topliss-reactive ketones (excluding diaryl/α,β-unsaturated/α-hetero) is 1. The van der Waals surface area contributed by atoms with Crippen LogP contribution in [0.3, 0.4) is 0 Å². The highest BCUT2D eigenvalue weighted by molar-refractivity contribution is 5.95. The Morgan fingerprint density at radius 3 is 2.54 bits per heavy atom. The molecule has 0 heterocycles. The molecular formula is C19H19N3O2. The number of nitrogens with one attached hydrogen (secondary N) is 2. The number of rotatable bonds is 7. The molecule has 122 valence electrons. The summed E-state index contributed by atoms with van der Waals surface area (Å²) in [6.45, 7) is 2.05. The van der Waals surface area contributed by atoms with Crippen LogP contribution in [-0.2, 0) is 11.2 Å². The van der Waals surface area contributed by atoms with Crippen LogP contribution in [0.2, 0.25) is 0 Å². The van der Waals surface area contributed by atoms with Gasteiger partial charge in [-0.1, -0.05) is 30.3 Å². The van der Waals surface area contributed by atoms with E-state index in [1.165, 1.54) is 6.92 Å². The van der Waals surface area contributed by atoms with Gasteiger partial charge in [-0.15, -0.1) is 0 Å². The van der Waals surface area contributed by atoms with Crippen LogP contribution >= 0.6 is 0 Å². The van der Waals surface area contributed by atoms with Crippen molar-refractivity contribution in [3.05, 3.63) is 65.2 Å². The summed E-state index contributed by atoms with van der Waals surface area (Å²) in [5, 5.41) is 14.9. The van der Waals surface area contributed by atoms with Gasteiger partial charge in [0.05, 0.1) is 17.8 Å². The first-order chi connectivity index (χ1) is 11.6. The fourth-order valence-electron chi connectivity index (χ4n) is 2.24. The van der Waals surface area contributed by atoms with Crippen molar-refractivity contribution in [3.8, 4) is 6.07 Å². The Kier molecular flexibility index (Phi) is 6.09. The molecule has 0 aliphatic carbocycles. The van der Waals surface area contributed by atoms with Gasteiger partial charge in [0, 0.05) is 12.1 Å². The lowest BCUT2D eigenvalue weighted by atomic mass is 10.1. The van der Waals surface area contributed by atoms with Gasteiger partial charge < -0.3 is 10.6 Å². The number of anilines is 1. The minimum absolute atomic E-state index is 0.0465. The summed E-state index contributed by atoms with van der Waals surface area (Å²) < 4.78 is 0. The lowest BCUT2D eigenvalue weighted by Gasteiger charge is -2.10. The fourth-order valence-corrected chi connectivity index (χ4v) is 2.24. The molecule has 0 atom stereocenters. The van der Waals surface area contributed by atoms with E-state index in [-0.39, 0.29) is 18.2 Å². The number of nitriles is 1. The first-order valence-electron chi connectivity index (χ1n) is 7.69. The number of ketones is 1. The van der Waals surface area contributed by atoms with Crippen LogP contribution in [0.5, 0.6) is 0 Å². The molecule has 2 aromatic carbocycles. The van der Waals surface area contributed by atoms with Crippen LogP contribution in [0.1, 0.15) is 28.4 Å². The summed E-state index contributed by atoms with van der Waals surface area (Å²) in [6.07, 6.45) is 0.760. The maximum atomic E-state index is 11.9. The predicted molar refractivity (Wildman–Crippen MR) is 92.8 cm³/mol.